The van der Waals surface area contributed by atoms with Gasteiger partial charge in [-0.05, 0) is 48.6 Å². The van der Waals surface area contributed by atoms with Crippen LogP contribution in [-0.2, 0) is 6.54 Å². The third-order valence-corrected chi connectivity index (χ3v) is 7.58. The first-order valence-electron chi connectivity index (χ1n) is 11.3. The number of rotatable bonds is 4. The summed E-state index contributed by atoms with van der Waals surface area (Å²) in [5.74, 6) is 1.32. The number of nitrogens with zero attached hydrogens (tertiary/aromatic N) is 4. The van der Waals surface area contributed by atoms with Crippen LogP contribution in [0, 0.1) is 0 Å². The summed E-state index contributed by atoms with van der Waals surface area (Å²) in [6.45, 7) is 3.52. The minimum atomic E-state index is 0.389. The van der Waals surface area contributed by atoms with Gasteiger partial charge in [-0.2, -0.15) is 5.10 Å². The van der Waals surface area contributed by atoms with Crippen molar-refractivity contribution < 1.29 is 5.11 Å². The van der Waals surface area contributed by atoms with Crippen molar-refractivity contribution >= 4 is 38.8 Å². The molecule has 2 aliphatic rings. The number of piperidine rings is 1. The molecular formula is C25H26N6OS. The molecule has 2 aromatic carbocycles. The maximum absolute atomic E-state index is 10.1. The highest BCUT2D eigenvalue weighted by Crippen LogP contribution is 2.35. The predicted octanol–water partition coefficient (Wildman–Crippen LogP) is 4.63. The number of thiophene rings is 1. The monoisotopic (exact) mass is 458 g/mol. The summed E-state index contributed by atoms with van der Waals surface area (Å²) < 4.78 is 0. The molecule has 0 bridgehead atoms. The number of benzene rings is 2. The summed E-state index contributed by atoms with van der Waals surface area (Å²) >= 11 is 1.79. The summed E-state index contributed by atoms with van der Waals surface area (Å²) in [6.07, 6.45) is 4.03. The minimum Gasteiger partial charge on any atom is -0.508 e. The number of aliphatic imine (C=N–C) groups is 1. The second-order valence-electron chi connectivity index (χ2n) is 8.69. The van der Waals surface area contributed by atoms with Crippen molar-refractivity contribution in [1.29, 1.82) is 0 Å². The van der Waals surface area contributed by atoms with Crippen molar-refractivity contribution in [3.05, 3.63) is 71.2 Å². The Labute approximate surface area is 196 Å². The molecule has 0 unspecified atom stereocenters. The Bertz CT molecular complexity index is 1300. The fraction of sp³-hybridized carbons (Fsp3) is 0.280. The highest BCUT2D eigenvalue weighted by Gasteiger charge is 2.30. The van der Waals surface area contributed by atoms with Gasteiger partial charge in [0.1, 0.15) is 23.3 Å². The Kier molecular flexibility index (Phi) is 5.24. The van der Waals surface area contributed by atoms with Gasteiger partial charge < -0.3 is 15.3 Å². The molecule has 7 nitrogen and oxygen atoms in total. The second-order valence-corrected chi connectivity index (χ2v) is 9.58. The summed E-state index contributed by atoms with van der Waals surface area (Å²) in [5, 5.41) is 25.3. The van der Waals surface area contributed by atoms with E-state index in [0.29, 0.717) is 18.5 Å². The van der Waals surface area contributed by atoms with Gasteiger partial charge in [0, 0.05) is 42.3 Å². The lowest BCUT2D eigenvalue weighted by molar-refractivity contribution is 0.200. The molecule has 2 aromatic heterocycles. The second kappa shape index (κ2) is 8.53. The number of aromatic hydroxyl groups is 1. The van der Waals surface area contributed by atoms with Crippen molar-refractivity contribution in [2.75, 3.05) is 30.0 Å². The summed E-state index contributed by atoms with van der Waals surface area (Å²) in [6, 6.07) is 16.5. The van der Waals surface area contributed by atoms with Crippen molar-refractivity contribution in [2.24, 2.45) is 4.99 Å². The average Bonchev–Trinajstić information content (AvgIpc) is 3.51. The molecule has 0 amide bonds. The molecule has 0 radical (unpaired) electrons. The molecule has 3 N–H and O–H groups in total. The van der Waals surface area contributed by atoms with Gasteiger partial charge in [0.25, 0.3) is 0 Å². The lowest BCUT2D eigenvalue weighted by atomic mass is 10.0. The number of likely N-dealkylation sites (tertiary alicyclic amines) is 1. The highest BCUT2D eigenvalue weighted by atomic mass is 32.1. The Morgan fingerprint density at radius 2 is 2.00 bits per heavy atom. The number of hydrogen-bond donors (Lipinski definition) is 3. The number of hydrogen-bond acceptors (Lipinski definition) is 7. The molecule has 1 fully saturated rings. The predicted molar refractivity (Wildman–Crippen MR) is 134 cm³/mol. The van der Waals surface area contributed by atoms with Crippen LogP contribution < -0.4 is 10.2 Å². The molecule has 4 heterocycles. The zero-order valence-corrected chi connectivity index (χ0v) is 19.1. The molecule has 0 atom stereocenters. The number of phenols is 1. The van der Waals surface area contributed by atoms with E-state index in [-0.39, 0.29) is 0 Å². The van der Waals surface area contributed by atoms with E-state index in [1.807, 2.05) is 24.4 Å². The van der Waals surface area contributed by atoms with Crippen LogP contribution in [0.2, 0.25) is 0 Å². The molecular weight excluding hydrogens is 432 g/mol. The van der Waals surface area contributed by atoms with E-state index >= 15 is 0 Å². The Hall–Kier alpha value is -3.36. The molecule has 0 spiro atoms. The van der Waals surface area contributed by atoms with Crippen LogP contribution in [0.25, 0.3) is 10.9 Å². The molecule has 2 aliphatic heterocycles. The summed E-state index contributed by atoms with van der Waals surface area (Å²) in [4.78, 5) is 9.84. The normalized spacial score (nSPS) is 17.2. The summed E-state index contributed by atoms with van der Waals surface area (Å²) in [7, 11) is 0. The number of aromatic nitrogens is 2. The van der Waals surface area contributed by atoms with E-state index < -0.39 is 0 Å². The quantitative estimate of drug-likeness (QED) is 0.416. The molecule has 0 saturated carbocycles. The van der Waals surface area contributed by atoms with Gasteiger partial charge in [-0.25, -0.2) is 4.99 Å². The smallest absolute Gasteiger partial charge is 0.137 e. The molecule has 4 aromatic rings. The molecule has 0 aliphatic carbocycles. The van der Waals surface area contributed by atoms with Crippen LogP contribution in [0.4, 0.5) is 10.7 Å². The molecule has 168 valence electrons. The van der Waals surface area contributed by atoms with Crippen LogP contribution >= 0.6 is 11.3 Å². The number of phenolic OH excluding ortho intramolecular Hbond substituents is 1. The SMILES string of the molecule is Oc1ccccc1CN1CCC(N2CN=C(Nc3ccc4cn[nH]c4c3)c3ccsc32)CC1. The van der Waals surface area contributed by atoms with Gasteiger partial charge in [0.05, 0.1) is 17.3 Å². The maximum atomic E-state index is 10.1. The van der Waals surface area contributed by atoms with Crippen molar-refractivity contribution in [1.82, 2.24) is 15.1 Å². The van der Waals surface area contributed by atoms with E-state index in [1.165, 1.54) is 10.6 Å². The minimum absolute atomic E-state index is 0.389. The first-order valence-corrected chi connectivity index (χ1v) is 12.2. The number of aromatic amines is 1. The third-order valence-electron chi connectivity index (χ3n) is 6.63. The zero-order chi connectivity index (χ0) is 22.2. The van der Waals surface area contributed by atoms with Crippen LogP contribution in [0.1, 0.15) is 24.0 Å². The fourth-order valence-corrected chi connectivity index (χ4v) is 5.78. The van der Waals surface area contributed by atoms with Crippen molar-refractivity contribution in [3.8, 4) is 5.75 Å². The van der Waals surface area contributed by atoms with Gasteiger partial charge in [-0.15, -0.1) is 11.3 Å². The molecule has 8 heteroatoms. The highest BCUT2D eigenvalue weighted by molar-refractivity contribution is 7.14. The fourth-order valence-electron chi connectivity index (χ4n) is 4.81. The van der Waals surface area contributed by atoms with E-state index in [4.69, 9.17) is 4.99 Å². The Morgan fingerprint density at radius 1 is 1.12 bits per heavy atom. The van der Waals surface area contributed by atoms with Crippen molar-refractivity contribution in [3.63, 3.8) is 0 Å². The van der Waals surface area contributed by atoms with Gasteiger partial charge in [0.2, 0.25) is 0 Å². The van der Waals surface area contributed by atoms with E-state index in [1.54, 1.807) is 17.4 Å². The number of nitrogens with one attached hydrogen (secondary N) is 2. The van der Waals surface area contributed by atoms with Crippen molar-refractivity contribution in [2.45, 2.75) is 25.4 Å². The van der Waals surface area contributed by atoms with E-state index in [9.17, 15) is 5.11 Å². The zero-order valence-electron chi connectivity index (χ0n) is 18.2. The average molecular weight is 459 g/mol. The Morgan fingerprint density at radius 3 is 2.88 bits per heavy atom. The van der Waals surface area contributed by atoms with Gasteiger partial charge in [-0.3, -0.25) is 10.00 Å². The molecule has 1 saturated heterocycles. The lowest BCUT2D eigenvalue weighted by Crippen LogP contribution is -2.46. The van der Waals surface area contributed by atoms with Crippen LogP contribution in [0.5, 0.6) is 5.75 Å². The lowest BCUT2D eigenvalue weighted by Gasteiger charge is -2.40. The van der Waals surface area contributed by atoms with Gasteiger partial charge >= 0.3 is 0 Å². The maximum Gasteiger partial charge on any atom is 0.137 e. The van der Waals surface area contributed by atoms with E-state index in [0.717, 1.165) is 60.5 Å². The first-order chi connectivity index (χ1) is 16.2. The molecule has 33 heavy (non-hydrogen) atoms. The number of fused-ring (bicyclic) bond motifs is 2. The topological polar surface area (TPSA) is 79.8 Å². The summed E-state index contributed by atoms with van der Waals surface area (Å²) in [5.41, 5.74) is 4.20. The third kappa shape index (κ3) is 3.96. The van der Waals surface area contributed by atoms with Crippen LogP contribution in [0.15, 0.2) is 65.1 Å². The number of H-pyrrole nitrogens is 1. The number of amidine groups is 1. The Balaban J connectivity index is 1.13. The number of para-hydroxylation sites is 1. The molecule has 6 rings (SSSR count). The van der Waals surface area contributed by atoms with Crippen LogP contribution in [0.3, 0.4) is 0 Å². The van der Waals surface area contributed by atoms with Crippen LogP contribution in [-0.4, -0.2) is 51.8 Å². The first kappa shape index (κ1) is 20.3. The van der Waals surface area contributed by atoms with Gasteiger partial charge in [-0.1, -0.05) is 18.2 Å². The standard InChI is InChI=1S/C25H26N6OS/c32-23-4-2-1-3-18(23)15-30-10-7-20(8-11-30)31-16-26-24(21-9-12-33-25(21)31)28-19-6-5-17-14-27-29-22(17)13-19/h1-6,9,12-14,20,32H,7-8,10-11,15-16H2,(H,26,28)(H,27,29). The van der Waals surface area contributed by atoms with E-state index in [2.05, 4.69) is 55.0 Å². The largest absolute Gasteiger partial charge is 0.508 e. The number of anilines is 2. The van der Waals surface area contributed by atoms with Gasteiger partial charge in [0.15, 0.2) is 0 Å².